The Labute approximate surface area is 149 Å². The lowest BCUT2D eigenvalue weighted by atomic mass is 10.1. The summed E-state index contributed by atoms with van der Waals surface area (Å²) in [6.07, 6.45) is 0. The first-order valence-corrected chi connectivity index (χ1v) is 8.38. The van der Waals surface area contributed by atoms with Crippen LogP contribution in [0.4, 0.5) is 10.5 Å². The molecule has 0 bridgehead atoms. The van der Waals surface area contributed by atoms with E-state index in [1.807, 2.05) is 31.2 Å². The molecule has 122 valence electrons. The van der Waals surface area contributed by atoms with Gasteiger partial charge in [0.15, 0.2) is 0 Å². The van der Waals surface area contributed by atoms with Crippen LogP contribution in [0, 0.1) is 0 Å². The Morgan fingerprint density at radius 1 is 1.04 bits per heavy atom. The molecule has 0 spiro atoms. The Balaban J connectivity index is 1.95. The lowest BCUT2D eigenvalue weighted by Crippen LogP contribution is -2.27. The molecular formula is C18H14ClNO3S. The Bertz CT molecular complexity index is 828. The molecule has 0 radical (unpaired) electrons. The maximum absolute atomic E-state index is 12.7. The van der Waals surface area contributed by atoms with Crippen LogP contribution in [0.15, 0.2) is 53.4 Å². The van der Waals surface area contributed by atoms with Crippen LogP contribution in [-0.4, -0.2) is 18.3 Å². The molecule has 0 aromatic heterocycles. The summed E-state index contributed by atoms with van der Waals surface area (Å²) in [5.74, 6) is 0.418. The molecule has 0 N–H and O–H groups in total. The van der Waals surface area contributed by atoms with E-state index in [-0.39, 0.29) is 11.1 Å². The average molecular weight is 360 g/mol. The van der Waals surface area contributed by atoms with Crippen molar-refractivity contribution in [2.24, 2.45) is 0 Å². The number of anilines is 1. The van der Waals surface area contributed by atoms with E-state index in [4.69, 9.17) is 16.3 Å². The molecule has 0 unspecified atom stereocenters. The van der Waals surface area contributed by atoms with Crippen LogP contribution in [0.1, 0.15) is 12.5 Å². The number of benzene rings is 2. The van der Waals surface area contributed by atoms with E-state index in [0.29, 0.717) is 15.6 Å². The van der Waals surface area contributed by atoms with Gasteiger partial charge in [0.25, 0.3) is 11.1 Å². The Morgan fingerprint density at radius 3 is 2.25 bits per heavy atom. The van der Waals surface area contributed by atoms with E-state index < -0.39 is 0 Å². The maximum atomic E-state index is 12.7. The summed E-state index contributed by atoms with van der Waals surface area (Å²) in [5, 5.41) is 0.237. The molecule has 0 aliphatic carbocycles. The largest absolute Gasteiger partial charge is 0.497 e. The molecule has 3 rings (SSSR count). The second-order valence-corrected chi connectivity index (χ2v) is 6.57. The molecule has 0 atom stereocenters. The average Bonchev–Trinajstić information content (AvgIpc) is 2.90. The highest BCUT2D eigenvalue weighted by Crippen LogP contribution is 2.39. The van der Waals surface area contributed by atoms with Crippen LogP contribution in [0.25, 0.3) is 5.57 Å². The highest BCUT2D eigenvalue weighted by atomic mass is 35.5. The van der Waals surface area contributed by atoms with Crippen LogP contribution in [-0.2, 0) is 4.79 Å². The Hall–Kier alpha value is -2.24. The first-order valence-electron chi connectivity index (χ1n) is 7.18. The Kier molecular flexibility index (Phi) is 4.64. The van der Waals surface area contributed by atoms with Crippen molar-refractivity contribution < 1.29 is 14.3 Å². The predicted molar refractivity (Wildman–Crippen MR) is 97.5 cm³/mol. The number of hydrogen-bond acceptors (Lipinski definition) is 4. The van der Waals surface area contributed by atoms with Crippen molar-refractivity contribution in [3.8, 4) is 5.75 Å². The third kappa shape index (κ3) is 3.05. The van der Waals surface area contributed by atoms with Crippen molar-refractivity contribution in [3.05, 3.63) is 64.0 Å². The van der Waals surface area contributed by atoms with Gasteiger partial charge in [-0.2, -0.15) is 0 Å². The number of carbonyl (C=O) groups excluding carboxylic acids is 2. The molecule has 6 heteroatoms. The normalized spacial score (nSPS) is 16.5. The maximum Gasteiger partial charge on any atom is 0.298 e. The minimum absolute atomic E-state index is 0.315. The summed E-state index contributed by atoms with van der Waals surface area (Å²) in [4.78, 5) is 26.6. The van der Waals surface area contributed by atoms with Gasteiger partial charge in [0.1, 0.15) is 5.75 Å². The van der Waals surface area contributed by atoms with Crippen molar-refractivity contribution in [1.29, 1.82) is 0 Å². The van der Waals surface area contributed by atoms with E-state index in [1.54, 1.807) is 31.4 Å². The van der Waals surface area contributed by atoms with Gasteiger partial charge >= 0.3 is 0 Å². The number of ether oxygens (including phenoxy) is 1. The molecule has 0 saturated carbocycles. The quantitative estimate of drug-likeness (QED) is 0.725. The zero-order valence-corrected chi connectivity index (χ0v) is 14.6. The second-order valence-electron chi connectivity index (χ2n) is 5.17. The van der Waals surface area contributed by atoms with Gasteiger partial charge in [-0.25, -0.2) is 4.90 Å². The minimum Gasteiger partial charge on any atom is -0.497 e. The molecule has 4 nitrogen and oxygen atoms in total. The van der Waals surface area contributed by atoms with E-state index in [0.717, 1.165) is 28.6 Å². The van der Waals surface area contributed by atoms with Crippen molar-refractivity contribution in [2.45, 2.75) is 6.92 Å². The zero-order valence-electron chi connectivity index (χ0n) is 13.1. The van der Waals surface area contributed by atoms with Crippen LogP contribution in [0.2, 0.25) is 5.02 Å². The highest BCUT2D eigenvalue weighted by Gasteiger charge is 2.37. The number of hydrogen-bond donors (Lipinski definition) is 0. The smallest absolute Gasteiger partial charge is 0.298 e. The summed E-state index contributed by atoms with van der Waals surface area (Å²) < 4.78 is 5.14. The van der Waals surface area contributed by atoms with Crippen molar-refractivity contribution in [3.63, 3.8) is 0 Å². The molecule has 1 heterocycles. The number of halogens is 1. The topological polar surface area (TPSA) is 46.6 Å². The van der Waals surface area contributed by atoms with Gasteiger partial charge in [0, 0.05) is 5.02 Å². The highest BCUT2D eigenvalue weighted by molar-refractivity contribution is 8.19. The summed E-state index contributed by atoms with van der Waals surface area (Å²) in [6, 6.07) is 14.0. The number of amides is 2. The minimum atomic E-state index is -0.319. The number of allylic oxidation sites excluding steroid dienone is 1. The molecule has 24 heavy (non-hydrogen) atoms. The number of rotatable bonds is 3. The van der Waals surface area contributed by atoms with Crippen molar-refractivity contribution in [1.82, 2.24) is 0 Å². The fourth-order valence-corrected chi connectivity index (χ4v) is 3.41. The summed E-state index contributed by atoms with van der Waals surface area (Å²) in [7, 11) is 1.60. The van der Waals surface area contributed by atoms with E-state index >= 15 is 0 Å². The van der Waals surface area contributed by atoms with E-state index in [1.165, 1.54) is 4.90 Å². The second kappa shape index (κ2) is 6.71. The number of methoxy groups -OCH3 is 1. The van der Waals surface area contributed by atoms with Crippen LogP contribution >= 0.6 is 23.4 Å². The predicted octanol–water partition coefficient (Wildman–Crippen LogP) is 4.98. The summed E-state index contributed by atoms with van der Waals surface area (Å²) >= 11 is 6.81. The molecular weight excluding hydrogens is 346 g/mol. The lowest BCUT2D eigenvalue weighted by Gasteiger charge is -2.12. The Morgan fingerprint density at radius 2 is 1.67 bits per heavy atom. The monoisotopic (exact) mass is 359 g/mol. The number of carbonyl (C=O) groups is 2. The number of imide groups is 1. The van der Waals surface area contributed by atoms with Gasteiger partial charge in [0.2, 0.25) is 0 Å². The van der Waals surface area contributed by atoms with Gasteiger partial charge in [-0.1, -0.05) is 23.7 Å². The van der Waals surface area contributed by atoms with Gasteiger partial charge in [-0.15, -0.1) is 0 Å². The van der Waals surface area contributed by atoms with Gasteiger partial charge in [-0.3, -0.25) is 9.59 Å². The van der Waals surface area contributed by atoms with E-state index in [2.05, 4.69) is 0 Å². The van der Waals surface area contributed by atoms with Crippen LogP contribution in [0.3, 0.4) is 0 Å². The zero-order chi connectivity index (χ0) is 17.3. The number of thioether (sulfide) groups is 1. The molecule has 1 saturated heterocycles. The molecule has 2 aromatic rings. The standard InChI is InChI=1S/C18H14ClNO3S/c1-11(12-3-9-15(23-2)10-4-12)16-17(21)20(18(22)24-16)14-7-5-13(19)6-8-14/h3-10H,1-2H3/b16-11-. The SMILES string of the molecule is COc1ccc(/C(C)=C2\SC(=O)N(c3ccc(Cl)cc3)C2=O)cc1. The van der Waals surface area contributed by atoms with Gasteiger partial charge < -0.3 is 4.74 Å². The third-order valence-electron chi connectivity index (χ3n) is 3.72. The molecule has 1 aliphatic heterocycles. The van der Waals surface area contributed by atoms with Crippen molar-refractivity contribution in [2.75, 3.05) is 12.0 Å². The summed E-state index contributed by atoms with van der Waals surface area (Å²) in [6.45, 7) is 1.83. The molecule has 2 amide bonds. The molecule has 2 aromatic carbocycles. The fourth-order valence-electron chi connectivity index (χ4n) is 2.38. The van der Waals surface area contributed by atoms with Crippen molar-refractivity contribution >= 4 is 45.8 Å². The lowest BCUT2D eigenvalue weighted by molar-refractivity contribution is -0.113. The summed E-state index contributed by atoms with van der Waals surface area (Å²) in [5.41, 5.74) is 2.15. The van der Waals surface area contributed by atoms with E-state index in [9.17, 15) is 9.59 Å². The molecule has 1 aliphatic rings. The first-order chi connectivity index (χ1) is 11.5. The van der Waals surface area contributed by atoms with Gasteiger partial charge in [0.05, 0.1) is 17.7 Å². The number of nitrogens with zero attached hydrogens (tertiary/aromatic N) is 1. The first kappa shape index (κ1) is 16.6. The third-order valence-corrected chi connectivity index (χ3v) is 5.01. The molecule has 1 fully saturated rings. The van der Waals surface area contributed by atoms with Crippen LogP contribution < -0.4 is 9.64 Å². The van der Waals surface area contributed by atoms with Crippen LogP contribution in [0.5, 0.6) is 5.75 Å². The fraction of sp³-hybridized carbons (Fsp3) is 0.111. The van der Waals surface area contributed by atoms with Gasteiger partial charge in [-0.05, 0) is 66.2 Å².